The van der Waals surface area contributed by atoms with Gasteiger partial charge < -0.3 is 28.4 Å². The van der Waals surface area contributed by atoms with Gasteiger partial charge in [-0.15, -0.1) is 6.58 Å². The lowest BCUT2D eigenvalue weighted by Crippen LogP contribution is -2.68. The maximum Gasteiger partial charge on any atom is 0.338 e. The van der Waals surface area contributed by atoms with Gasteiger partial charge in [0.1, 0.15) is 0 Å². The van der Waals surface area contributed by atoms with Crippen molar-refractivity contribution >= 4 is 11.9 Å². The van der Waals surface area contributed by atoms with Gasteiger partial charge in [0.05, 0.1) is 13.2 Å². The number of ether oxygens (including phenoxy) is 6. The van der Waals surface area contributed by atoms with Gasteiger partial charge in [0.2, 0.25) is 11.6 Å². The van der Waals surface area contributed by atoms with E-state index in [1.807, 2.05) is 0 Å². The molecule has 1 rings (SSSR count). The Labute approximate surface area is 166 Å². The molecular formula is C20H30O8. The molecule has 8 nitrogen and oxygen atoms in total. The van der Waals surface area contributed by atoms with Crippen molar-refractivity contribution in [2.45, 2.75) is 50.5 Å². The van der Waals surface area contributed by atoms with Crippen molar-refractivity contribution < 1.29 is 38.0 Å². The molecule has 0 amide bonds. The van der Waals surface area contributed by atoms with Gasteiger partial charge in [-0.05, 0) is 20.3 Å². The van der Waals surface area contributed by atoms with Crippen molar-refractivity contribution in [1.29, 1.82) is 0 Å². The number of esters is 2. The Hall–Kier alpha value is -2.00. The molecule has 4 atom stereocenters. The summed E-state index contributed by atoms with van der Waals surface area (Å²) in [5.41, 5.74) is 0.711. The van der Waals surface area contributed by atoms with E-state index in [9.17, 15) is 9.59 Å². The first-order valence-electron chi connectivity index (χ1n) is 8.88. The number of hydrogen-bond acceptors (Lipinski definition) is 8. The predicted octanol–water partition coefficient (Wildman–Crippen LogP) is 2.29. The van der Waals surface area contributed by atoms with Crippen LogP contribution >= 0.6 is 0 Å². The molecular weight excluding hydrogens is 368 g/mol. The molecule has 1 fully saturated rings. The summed E-state index contributed by atoms with van der Waals surface area (Å²) in [5, 5.41) is 0. The Bertz CT molecular complexity index is 601. The highest BCUT2D eigenvalue weighted by Crippen LogP contribution is 2.39. The van der Waals surface area contributed by atoms with Crippen molar-refractivity contribution in [2.75, 3.05) is 27.4 Å². The zero-order valence-corrected chi connectivity index (χ0v) is 17.0. The molecule has 0 bridgehead atoms. The van der Waals surface area contributed by atoms with E-state index in [2.05, 4.69) is 19.7 Å². The minimum absolute atomic E-state index is 0.0486. The number of methoxy groups -OCH3 is 2. The fraction of sp³-hybridized carbons (Fsp3) is 0.600. The average Bonchev–Trinajstić information content (AvgIpc) is 2.69. The smallest absolute Gasteiger partial charge is 0.338 e. The van der Waals surface area contributed by atoms with Gasteiger partial charge >= 0.3 is 11.9 Å². The third-order valence-corrected chi connectivity index (χ3v) is 4.57. The number of hydrogen-bond donors (Lipinski definition) is 0. The van der Waals surface area contributed by atoms with E-state index in [1.54, 1.807) is 12.2 Å². The van der Waals surface area contributed by atoms with Crippen LogP contribution in [0.4, 0.5) is 0 Å². The van der Waals surface area contributed by atoms with Crippen LogP contribution in [0.3, 0.4) is 0 Å². The SMILES string of the molecule is C=CCCOC(=O)[C@@H]1O[C@@](C)(OC)[C@](C)(OC)O[C@H]1C(=O)OCCC(=C)C=C. The molecule has 1 saturated heterocycles. The van der Waals surface area contributed by atoms with Gasteiger partial charge in [-0.3, -0.25) is 0 Å². The van der Waals surface area contributed by atoms with E-state index < -0.39 is 35.7 Å². The number of rotatable bonds is 11. The molecule has 28 heavy (non-hydrogen) atoms. The first-order chi connectivity index (χ1) is 13.2. The Balaban J connectivity index is 3.02. The largest absolute Gasteiger partial charge is 0.463 e. The summed E-state index contributed by atoms with van der Waals surface area (Å²) in [4.78, 5) is 25.1. The van der Waals surface area contributed by atoms with Crippen LogP contribution in [-0.2, 0) is 38.0 Å². The Morgan fingerprint density at radius 2 is 1.43 bits per heavy atom. The minimum atomic E-state index is -1.48. The van der Waals surface area contributed by atoms with E-state index in [0.29, 0.717) is 18.4 Å². The molecule has 8 heteroatoms. The lowest BCUT2D eigenvalue weighted by atomic mass is 10.0. The first kappa shape index (κ1) is 24.0. The van der Waals surface area contributed by atoms with E-state index >= 15 is 0 Å². The molecule has 0 saturated carbocycles. The van der Waals surface area contributed by atoms with Gasteiger partial charge in [-0.25, -0.2) is 9.59 Å². The van der Waals surface area contributed by atoms with Crippen LogP contribution in [-0.4, -0.2) is 63.2 Å². The second kappa shape index (κ2) is 10.5. The van der Waals surface area contributed by atoms with Crippen molar-refractivity contribution in [1.82, 2.24) is 0 Å². The molecule has 158 valence electrons. The molecule has 0 N–H and O–H groups in total. The van der Waals surface area contributed by atoms with E-state index in [4.69, 9.17) is 28.4 Å². The molecule has 0 aromatic heterocycles. The van der Waals surface area contributed by atoms with Crippen LogP contribution in [0.1, 0.15) is 26.7 Å². The molecule has 0 spiro atoms. The molecule has 1 heterocycles. The van der Waals surface area contributed by atoms with E-state index in [1.165, 1.54) is 28.1 Å². The highest BCUT2D eigenvalue weighted by Gasteiger charge is 2.60. The van der Waals surface area contributed by atoms with Gasteiger partial charge in [0.15, 0.2) is 12.2 Å². The normalized spacial score (nSPS) is 29.6. The standard InChI is InChI=1S/C20H30O8/c1-8-10-12-25-17(21)15-16(18(22)26-13-11-14(3)9-2)28-20(5,24-7)19(4,23-6)27-15/h8-9,15-16H,1-3,10-13H2,4-7H3/t15-,16-,19-,20-/m1/s1. The summed E-state index contributed by atoms with van der Waals surface area (Å²) >= 11 is 0. The average molecular weight is 398 g/mol. The van der Waals surface area contributed by atoms with Crippen LogP contribution in [0.15, 0.2) is 37.5 Å². The fourth-order valence-corrected chi connectivity index (χ4v) is 2.42. The maximum absolute atomic E-state index is 12.6. The maximum atomic E-state index is 12.6. The van der Waals surface area contributed by atoms with Gasteiger partial charge in [-0.1, -0.05) is 30.9 Å². The molecule has 1 aliphatic heterocycles. The Kier molecular flexibility index (Phi) is 9.03. The zero-order valence-electron chi connectivity index (χ0n) is 17.0. The molecule has 1 aliphatic rings. The van der Waals surface area contributed by atoms with Crippen LogP contribution < -0.4 is 0 Å². The van der Waals surface area contributed by atoms with Crippen molar-refractivity contribution in [3.8, 4) is 0 Å². The summed E-state index contributed by atoms with van der Waals surface area (Å²) in [5.74, 6) is -4.52. The molecule has 0 radical (unpaired) electrons. The Morgan fingerprint density at radius 3 is 1.82 bits per heavy atom. The molecule has 0 aliphatic carbocycles. The van der Waals surface area contributed by atoms with Crippen LogP contribution in [0, 0.1) is 0 Å². The highest BCUT2D eigenvalue weighted by atomic mass is 16.8. The molecule has 0 aromatic rings. The van der Waals surface area contributed by atoms with Crippen molar-refractivity contribution in [3.05, 3.63) is 37.5 Å². The lowest BCUT2D eigenvalue weighted by Gasteiger charge is -2.50. The topological polar surface area (TPSA) is 89.5 Å². The third kappa shape index (κ3) is 5.51. The summed E-state index contributed by atoms with van der Waals surface area (Å²) in [6, 6.07) is 0. The number of allylic oxidation sites excluding steroid dienone is 1. The van der Waals surface area contributed by atoms with Crippen LogP contribution in [0.25, 0.3) is 0 Å². The summed E-state index contributed by atoms with van der Waals surface area (Å²) < 4.78 is 32.7. The predicted molar refractivity (Wildman–Crippen MR) is 101 cm³/mol. The lowest BCUT2D eigenvalue weighted by molar-refractivity contribution is -0.439. The van der Waals surface area contributed by atoms with Crippen LogP contribution in [0.2, 0.25) is 0 Å². The van der Waals surface area contributed by atoms with Crippen LogP contribution in [0.5, 0.6) is 0 Å². The zero-order chi connectivity index (χ0) is 21.4. The van der Waals surface area contributed by atoms with Crippen molar-refractivity contribution in [2.24, 2.45) is 0 Å². The van der Waals surface area contributed by atoms with Crippen molar-refractivity contribution in [3.63, 3.8) is 0 Å². The fourth-order valence-electron chi connectivity index (χ4n) is 2.42. The quantitative estimate of drug-likeness (QED) is 0.227. The van der Waals surface area contributed by atoms with Gasteiger partial charge in [0.25, 0.3) is 0 Å². The second-order valence-corrected chi connectivity index (χ2v) is 6.40. The number of carbonyl (C=O) groups is 2. The van der Waals surface area contributed by atoms with Gasteiger partial charge in [0, 0.05) is 20.6 Å². The monoisotopic (exact) mass is 398 g/mol. The third-order valence-electron chi connectivity index (χ3n) is 4.57. The minimum Gasteiger partial charge on any atom is -0.463 e. The number of carbonyl (C=O) groups excluding carboxylic acids is 2. The van der Waals surface area contributed by atoms with Gasteiger partial charge in [-0.2, -0.15) is 0 Å². The summed E-state index contributed by atoms with van der Waals surface area (Å²) in [6.07, 6.45) is 1.23. The molecule has 0 unspecified atom stereocenters. The summed E-state index contributed by atoms with van der Waals surface area (Å²) in [6.45, 7) is 14.1. The first-order valence-corrected chi connectivity index (χ1v) is 8.88. The molecule has 0 aromatic carbocycles. The Morgan fingerprint density at radius 1 is 0.964 bits per heavy atom. The highest BCUT2D eigenvalue weighted by molar-refractivity contribution is 5.86. The van der Waals surface area contributed by atoms with E-state index in [0.717, 1.165) is 0 Å². The second-order valence-electron chi connectivity index (χ2n) is 6.40. The van der Waals surface area contributed by atoms with E-state index in [-0.39, 0.29) is 13.2 Å². The summed E-state index contributed by atoms with van der Waals surface area (Å²) in [7, 11) is 2.75.